The molecular formula is C22H23ClN6O4. The summed E-state index contributed by atoms with van der Waals surface area (Å²) >= 11 is 6.16. The zero-order valence-electron chi connectivity index (χ0n) is 17.9. The van der Waals surface area contributed by atoms with Gasteiger partial charge in [0.25, 0.3) is 0 Å². The molecule has 1 saturated heterocycles. The largest absolute Gasteiger partial charge is 0.465 e. The third-order valence-electron chi connectivity index (χ3n) is 5.83. The van der Waals surface area contributed by atoms with Crippen LogP contribution in [0.1, 0.15) is 23.2 Å². The summed E-state index contributed by atoms with van der Waals surface area (Å²) in [6.45, 7) is 1.78. The van der Waals surface area contributed by atoms with Gasteiger partial charge in [0, 0.05) is 38.2 Å². The van der Waals surface area contributed by atoms with Crippen LogP contribution in [0.4, 0.5) is 15.4 Å². The van der Waals surface area contributed by atoms with Gasteiger partial charge in [-0.1, -0.05) is 30.3 Å². The van der Waals surface area contributed by atoms with Crippen LogP contribution in [0, 0.1) is 11.3 Å². The topological polar surface area (TPSA) is 123 Å². The number of carbonyl (C=O) groups is 2. The van der Waals surface area contributed by atoms with Gasteiger partial charge in [-0.05, 0) is 17.2 Å². The first-order valence-corrected chi connectivity index (χ1v) is 11.0. The van der Waals surface area contributed by atoms with E-state index in [9.17, 15) is 20.0 Å². The molecule has 2 aromatic rings. The summed E-state index contributed by atoms with van der Waals surface area (Å²) in [5.74, 6) is 0.552. The van der Waals surface area contributed by atoms with Gasteiger partial charge in [0.1, 0.15) is 12.4 Å². The number of hydrogen-bond acceptors (Lipinski definition) is 7. The van der Waals surface area contributed by atoms with E-state index < -0.39 is 18.2 Å². The molecule has 2 aliphatic heterocycles. The highest BCUT2D eigenvalue weighted by molar-refractivity contribution is 6.28. The van der Waals surface area contributed by atoms with Gasteiger partial charge in [-0.15, -0.1) is 0 Å². The van der Waals surface area contributed by atoms with E-state index in [2.05, 4.69) is 16.0 Å². The average Bonchev–Trinajstić information content (AvgIpc) is 2.82. The van der Waals surface area contributed by atoms with E-state index in [1.165, 1.54) is 4.90 Å². The molecule has 11 heteroatoms. The van der Waals surface area contributed by atoms with E-state index in [4.69, 9.17) is 16.3 Å². The van der Waals surface area contributed by atoms with Gasteiger partial charge >= 0.3 is 12.2 Å². The predicted molar refractivity (Wildman–Crippen MR) is 119 cm³/mol. The summed E-state index contributed by atoms with van der Waals surface area (Å²) < 4.78 is 5.48. The smallest absolute Gasteiger partial charge is 0.410 e. The molecule has 33 heavy (non-hydrogen) atoms. The lowest BCUT2D eigenvalue weighted by molar-refractivity contribution is 0.0767. The lowest BCUT2D eigenvalue weighted by atomic mass is 10.0. The molecule has 1 aromatic carbocycles. The van der Waals surface area contributed by atoms with Crippen LogP contribution in [0.25, 0.3) is 0 Å². The van der Waals surface area contributed by atoms with Gasteiger partial charge in [-0.25, -0.2) is 19.6 Å². The number of fused-ring (bicyclic) bond motifs is 1. The summed E-state index contributed by atoms with van der Waals surface area (Å²) in [6.07, 6.45) is -0.905. The Morgan fingerprint density at radius 3 is 2.73 bits per heavy atom. The molecule has 172 valence electrons. The predicted octanol–water partition coefficient (Wildman–Crippen LogP) is 2.91. The third-order valence-corrected chi connectivity index (χ3v) is 6.00. The van der Waals surface area contributed by atoms with Crippen LogP contribution in [-0.4, -0.2) is 69.3 Å². The van der Waals surface area contributed by atoms with Gasteiger partial charge in [-0.3, -0.25) is 0 Å². The number of hydrogen-bond donors (Lipinski definition) is 1. The number of carbonyl (C=O) groups excluding carboxylic acids is 1. The summed E-state index contributed by atoms with van der Waals surface area (Å²) in [6, 6.07) is 11.1. The molecule has 0 saturated carbocycles. The van der Waals surface area contributed by atoms with Crippen LogP contribution in [0.15, 0.2) is 30.3 Å². The number of aromatic nitrogens is 2. The lowest BCUT2D eigenvalue weighted by Gasteiger charge is -2.41. The fourth-order valence-corrected chi connectivity index (χ4v) is 4.34. The van der Waals surface area contributed by atoms with E-state index in [0.717, 1.165) is 11.3 Å². The second-order valence-corrected chi connectivity index (χ2v) is 8.23. The Balaban J connectivity index is 1.51. The van der Waals surface area contributed by atoms with Crippen LogP contribution in [0.3, 0.4) is 0 Å². The number of amides is 2. The van der Waals surface area contributed by atoms with E-state index in [1.807, 2.05) is 35.2 Å². The van der Waals surface area contributed by atoms with Crippen LogP contribution in [-0.2, 0) is 24.3 Å². The molecule has 4 rings (SSSR count). The Kier molecular flexibility index (Phi) is 6.79. The maximum absolute atomic E-state index is 12.8. The van der Waals surface area contributed by atoms with Crippen molar-refractivity contribution in [3.63, 3.8) is 0 Å². The van der Waals surface area contributed by atoms with E-state index >= 15 is 0 Å². The zero-order chi connectivity index (χ0) is 23.4. The molecular weight excluding hydrogens is 448 g/mol. The maximum atomic E-state index is 12.8. The number of halogens is 1. The highest BCUT2D eigenvalue weighted by atomic mass is 35.5. The summed E-state index contributed by atoms with van der Waals surface area (Å²) in [4.78, 5) is 37.8. The number of anilines is 1. The zero-order valence-corrected chi connectivity index (χ0v) is 18.6. The normalized spacial score (nSPS) is 17.8. The average molecular weight is 471 g/mol. The molecule has 1 N–H and O–H groups in total. The maximum Gasteiger partial charge on any atom is 0.410 e. The van der Waals surface area contributed by atoms with E-state index in [0.29, 0.717) is 44.0 Å². The van der Waals surface area contributed by atoms with Crippen molar-refractivity contribution >= 4 is 29.6 Å². The Morgan fingerprint density at radius 1 is 1.21 bits per heavy atom. The van der Waals surface area contributed by atoms with Crippen molar-refractivity contribution in [2.75, 3.05) is 31.1 Å². The molecule has 10 nitrogen and oxygen atoms in total. The lowest BCUT2D eigenvalue weighted by Crippen LogP contribution is -2.56. The number of nitrogens with zero attached hydrogens (tertiary/aromatic N) is 6. The molecule has 3 heterocycles. The summed E-state index contributed by atoms with van der Waals surface area (Å²) in [5, 5.41) is 18.9. The first kappa shape index (κ1) is 22.6. The van der Waals surface area contributed by atoms with Crippen molar-refractivity contribution in [2.45, 2.75) is 32.0 Å². The number of nitriles is 1. The number of carboxylic acid groups (broad SMARTS) is 1. The number of piperazine rings is 1. The first-order chi connectivity index (χ1) is 16.0. The molecule has 0 bridgehead atoms. The Morgan fingerprint density at radius 2 is 2.00 bits per heavy atom. The highest BCUT2D eigenvalue weighted by Crippen LogP contribution is 2.30. The van der Waals surface area contributed by atoms with Crippen LogP contribution in [0.5, 0.6) is 0 Å². The molecule has 0 spiro atoms. The first-order valence-electron chi connectivity index (χ1n) is 10.6. The van der Waals surface area contributed by atoms with Crippen molar-refractivity contribution in [1.29, 1.82) is 5.26 Å². The van der Waals surface area contributed by atoms with Crippen LogP contribution >= 0.6 is 11.6 Å². The highest BCUT2D eigenvalue weighted by Gasteiger charge is 2.34. The fourth-order valence-electron chi connectivity index (χ4n) is 4.16. The molecule has 2 aliphatic rings. The third kappa shape index (κ3) is 5.09. The minimum absolute atomic E-state index is 0.0917. The van der Waals surface area contributed by atoms with E-state index in [-0.39, 0.29) is 24.9 Å². The Bertz CT molecular complexity index is 1080. The quantitative estimate of drug-likeness (QED) is 0.676. The standard InChI is InChI=1S/C22H23ClN6O4/c23-20-25-18-7-9-28(21(30)31)13-17(18)19(26-20)27-10-11-29(16(12-27)6-8-24)22(32)33-14-15-4-2-1-3-5-15/h1-5,16H,6-7,9-14H2,(H,30,31)/t16-/m0/s1. The molecule has 0 aliphatic carbocycles. The monoisotopic (exact) mass is 470 g/mol. The second-order valence-electron chi connectivity index (χ2n) is 7.89. The summed E-state index contributed by atoms with van der Waals surface area (Å²) in [5.41, 5.74) is 2.32. The van der Waals surface area contributed by atoms with E-state index in [1.54, 1.807) is 4.90 Å². The van der Waals surface area contributed by atoms with Crippen LogP contribution < -0.4 is 4.90 Å². The van der Waals surface area contributed by atoms with Crippen LogP contribution in [0.2, 0.25) is 5.28 Å². The number of ether oxygens (including phenoxy) is 1. The van der Waals surface area contributed by atoms with Crippen molar-refractivity contribution in [3.8, 4) is 6.07 Å². The van der Waals surface area contributed by atoms with Gasteiger partial charge in [0.2, 0.25) is 5.28 Å². The Hall–Kier alpha value is -3.58. The van der Waals surface area contributed by atoms with Gasteiger partial charge in [-0.2, -0.15) is 5.26 Å². The molecule has 1 atom stereocenters. The molecule has 2 amide bonds. The van der Waals surface area contributed by atoms with Gasteiger partial charge in [0.15, 0.2) is 0 Å². The minimum Gasteiger partial charge on any atom is -0.465 e. The fraction of sp³-hybridized carbons (Fsp3) is 0.409. The molecule has 1 fully saturated rings. The number of rotatable bonds is 4. The molecule has 0 unspecified atom stereocenters. The molecule has 0 radical (unpaired) electrons. The molecule has 1 aromatic heterocycles. The van der Waals surface area contributed by atoms with Crippen molar-refractivity contribution < 1.29 is 19.4 Å². The minimum atomic E-state index is -1.00. The van der Waals surface area contributed by atoms with Crippen molar-refractivity contribution in [1.82, 2.24) is 19.8 Å². The van der Waals surface area contributed by atoms with Crippen molar-refractivity contribution in [2.24, 2.45) is 0 Å². The summed E-state index contributed by atoms with van der Waals surface area (Å²) in [7, 11) is 0. The Labute approximate surface area is 196 Å². The SMILES string of the molecule is N#CC[C@H]1CN(c2nc(Cl)nc3c2CN(C(=O)O)CC3)CCN1C(=O)OCc1ccccc1. The van der Waals surface area contributed by atoms with Crippen molar-refractivity contribution in [3.05, 3.63) is 52.4 Å². The van der Waals surface area contributed by atoms with Gasteiger partial charge < -0.3 is 24.5 Å². The number of benzene rings is 1. The van der Waals surface area contributed by atoms with Gasteiger partial charge in [0.05, 0.1) is 30.8 Å². The second kappa shape index (κ2) is 9.92.